The number of benzene rings is 2. The van der Waals surface area contributed by atoms with Crippen LogP contribution in [0.15, 0.2) is 47.7 Å². The van der Waals surface area contributed by atoms with Gasteiger partial charge >= 0.3 is 0 Å². The van der Waals surface area contributed by atoms with Gasteiger partial charge in [0.1, 0.15) is 30.7 Å². The smallest absolute Gasteiger partial charge is 0.164 e. The molecular formula is C43H65N9O9. The second-order valence-corrected chi connectivity index (χ2v) is 13.9. The maximum atomic E-state index is 10.0. The van der Waals surface area contributed by atoms with Gasteiger partial charge in [0.05, 0.1) is 117 Å². The Labute approximate surface area is 359 Å². The van der Waals surface area contributed by atoms with Crippen LogP contribution < -0.4 is 17.2 Å². The molecule has 0 fully saturated rings. The number of ether oxygens (including phenoxy) is 8. The van der Waals surface area contributed by atoms with Gasteiger partial charge in [0.15, 0.2) is 5.65 Å². The Hall–Kier alpha value is -4.31. The Balaban J connectivity index is 0.000000274. The largest absolute Gasteiger partial charge is 0.383 e. The van der Waals surface area contributed by atoms with E-state index in [1.165, 1.54) is 23.0 Å². The zero-order chi connectivity index (χ0) is 43.3. The van der Waals surface area contributed by atoms with Crippen molar-refractivity contribution in [1.82, 2.24) is 24.6 Å². The van der Waals surface area contributed by atoms with E-state index in [1.807, 2.05) is 22.9 Å². The molecule has 0 saturated heterocycles. The summed E-state index contributed by atoms with van der Waals surface area (Å²) in [4.78, 5) is 25.3. The maximum Gasteiger partial charge on any atom is 0.164 e. The van der Waals surface area contributed by atoms with Gasteiger partial charge in [0.2, 0.25) is 0 Å². The first kappa shape index (κ1) is 49.3. The monoisotopic (exact) mass is 851 g/mol. The zero-order valence-corrected chi connectivity index (χ0v) is 35.7. The Bertz CT molecular complexity index is 1850. The molecule has 0 spiro atoms. The van der Waals surface area contributed by atoms with E-state index in [9.17, 15) is 4.79 Å². The molecule has 0 atom stereocenters. The second-order valence-electron chi connectivity index (χ2n) is 13.9. The average Bonchev–Trinajstić information content (AvgIpc) is 3.64. The maximum absolute atomic E-state index is 10.0. The fraction of sp³-hybridized carbons (Fsp3) is 0.558. The normalized spacial score (nSPS) is 12.6. The number of aldehydes is 1. The minimum Gasteiger partial charge on any atom is -0.383 e. The number of anilines is 1. The first-order chi connectivity index (χ1) is 30.0. The highest BCUT2D eigenvalue weighted by Crippen LogP contribution is 2.34. The van der Waals surface area contributed by atoms with Crippen LogP contribution >= 0.6 is 0 Å². The number of rotatable bonds is 31. The molecule has 18 heteroatoms. The number of aromatic nitrogens is 4. The summed E-state index contributed by atoms with van der Waals surface area (Å²) < 4.78 is 44.1. The summed E-state index contributed by atoms with van der Waals surface area (Å²) in [6.07, 6.45) is 4.00. The van der Waals surface area contributed by atoms with E-state index in [1.54, 1.807) is 0 Å². The minimum atomic E-state index is 0.107. The van der Waals surface area contributed by atoms with Crippen molar-refractivity contribution < 1.29 is 42.7 Å². The fourth-order valence-electron chi connectivity index (χ4n) is 6.34. The van der Waals surface area contributed by atoms with Crippen molar-refractivity contribution in [2.45, 2.75) is 25.9 Å². The third-order valence-electron chi connectivity index (χ3n) is 9.36. The quantitative estimate of drug-likeness (QED) is 0.0375. The van der Waals surface area contributed by atoms with Gasteiger partial charge in [-0.05, 0) is 61.5 Å². The van der Waals surface area contributed by atoms with Gasteiger partial charge in [-0.2, -0.15) is 5.10 Å². The average molecular weight is 852 g/mol. The van der Waals surface area contributed by atoms with E-state index in [2.05, 4.69) is 51.8 Å². The summed E-state index contributed by atoms with van der Waals surface area (Å²) in [6, 6.07) is 12.7. The van der Waals surface area contributed by atoms with Crippen LogP contribution in [0.25, 0.3) is 22.3 Å². The minimum absolute atomic E-state index is 0.107. The lowest BCUT2D eigenvalue weighted by molar-refractivity contribution is -0.112. The second kappa shape index (κ2) is 29.9. The van der Waals surface area contributed by atoms with Crippen LogP contribution in [-0.4, -0.2) is 170 Å². The number of carbonyl (C=O) groups is 1. The molecule has 5 rings (SSSR count). The molecular weight excluding hydrogens is 787 g/mol. The fourth-order valence-corrected chi connectivity index (χ4v) is 6.34. The molecule has 2 aromatic carbocycles. The Morgan fingerprint density at radius 3 is 1.89 bits per heavy atom. The van der Waals surface area contributed by atoms with Gasteiger partial charge in [-0.3, -0.25) is 4.99 Å². The molecule has 336 valence electrons. The third-order valence-corrected chi connectivity index (χ3v) is 9.36. The Morgan fingerprint density at radius 2 is 1.33 bits per heavy atom. The number of carbonyl (C=O) groups excluding carboxylic acids is 1. The molecule has 61 heavy (non-hydrogen) atoms. The van der Waals surface area contributed by atoms with E-state index in [0.717, 1.165) is 53.8 Å². The van der Waals surface area contributed by atoms with E-state index in [4.69, 9.17) is 60.2 Å². The molecule has 3 heterocycles. The number of aliphatic imine (C=N–C) groups is 1. The first-order valence-corrected chi connectivity index (χ1v) is 20.8. The zero-order valence-electron chi connectivity index (χ0n) is 35.7. The van der Waals surface area contributed by atoms with Crippen LogP contribution in [0, 0.1) is 0 Å². The third kappa shape index (κ3) is 17.9. The molecule has 0 amide bonds. The summed E-state index contributed by atoms with van der Waals surface area (Å²) in [5.41, 5.74) is 25.5. The van der Waals surface area contributed by atoms with E-state index in [0.29, 0.717) is 136 Å². The molecule has 18 nitrogen and oxygen atoms in total. The summed E-state index contributed by atoms with van der Waals surface area (Å²) in [6.45, 7) is 15.2. The molecule has 4 aromatic rings. The van der Waals surface area contributed by atoms with E-state index < -0.39 is 0 Å². The molecule has 0 saturated carbocycles. The van der Waals surface area contributed by atoms with Crippen molar-refractivity contribution in [2.75, 3.05) is 138 Å². The molecule has 0 radical (unpaired) electrons. The van der Waals surface area contributed by atoms with Gasteiger partial charge in [0.25, 0.3) is 0 Å². The van der Waals surface area contributed by atoms with Crippen molar-refractivity contribution in [1.29, 1.82) is 0 Å². The van der Waals surface area contributed by atoms with Crippen molar-refractivity contribution in [3.8, 4) is 11.3 Å². The Kier molecular flexibility index (Phi) is 24.2. The number of nitrogens with two attached hydrogens (primary N) is 3. The van der Waals surface area contributed by atoms with Crippen LogP contribution in [-0.2, 0) is 68.6 Å². The number of likely N-dealkylation sites (N-methyl/N-ethyl adjacent to an activating group) is 1. The van der Waals surface area contributed by atoms with Crippen molar-refractivity contribution >= 4 is 35.5 Å². The number of fused-ring (bicyclic) bond motifs is 2. The van der Waals surface area contributed by atoms with Gasteiger partial charge in [-0.25, -0.2) is 14.6 Å². The predicted octanol–water partition coefficient (Wildman–Crippen LogP) is 2.22. The highest BCUT2D eigenvalue weighted by atomic mass is 16.6. The SMILES string of the molecule is C=Nc1cc(-c2nn(Cc3ccc4c(c3)CCN(C)C4)c3ncnc(N)c23)ccc1CCN.NCCOCCOCCOCCOCCOCCOCCOCCOCC=O. The van der Waals surface area contributed by atoms with E-state index >= 15 is 0 Å². The molecule has 1 aliphatic rings. The Morgan fingerprint density at radius 1 is 0.738 bits per heavy atom. The molecule has 2 aromatic heterocycles. The lowest BCUT2D eigenvalue weighted by Gasteiger charge is -2.25. The summed E-state index contributed by atoms with van der Waals surface area (Å²) in [7, 11) is 2.16. The van der Waals surface area contributed by atoms with Crippen molar-refractivity contribution in [3.05, 3.63) is 65.0 Å². The molecule has 6 N–H and O–H groups in total. The van der Waals surface area contributed by atoms with Crippen molar-refractivity contribution in [2.24, 2.45) is 16.5 Å². The van der Waals surface area contributed by atoms with Crippen LogP contribution in [0.5, 0.6) is 0 Å². The number of hydrogen-bond donors (Lipinski definition) is 3. The standard InChI is InChI=1S/C25H28N8.C18H37NO9/c1-28-21-12-19(6-5-17(21)7-9-26)23-22-24(27)29-15-30-25(22)33(31-23)13-16-3-4-20-14-32(2)10-8-18(20)11-16;19-1-3-21-5-7-23-9-11-25-13-15-27-17-18-28-16-14-26-12-10-24-8-6-22-4-2-20/h3-6,11-12,15H,1,7-10,13-14,26H2,2H3,(H2,27,29,30);2H,1,3-19H2. The van der Waals surface area contributed by atoms with Crippen LogP contribution in [0.3, 0.4) is 0 Å². The summed E-state index contributed by atoms with van der Waals surface area (Å²) in [5, 5.41) is 5.68. The molecule has 0 bridgehead atoms. The topological polar surface area (TPSA) is 228 Å². The summed E-state index contributed by atoms with van der Waals surface area (Å²) in [5.74, 6) is 0.411. The van der Waals surface area contributed by atoms with Crippen LogP contribution in [0.2, 0.25) is 0 Å². The predicted molar refractivity (Wildman–Crippen MR) is 234 cm³/mol. The van der Waals surface area contributed by atoms with Gasteiger partial charge in [-0.1, -0.05) is 30.3 Å². The number of nitrogens with zero attached hydrogens (tertiary/aromatic N) is 6. The highest BCUT2D eigenvalue weighted by molar-refractivity contribution is 5.98. The molecule has 1 aliphatic heterocycles. The van der Waals surface area contributed by atoms with Crippen LogP contribution in [0.4, 0.5) is 11.5 Å². The van der Waals surface area contributed by atoms with Gasteiger partial charge in [-0.15, -0.1) is 0 Å². The van der Waals surface area contributed by atoms with Gasteiger partial charge < -0.3 is 64.8 Å². The lowest BCUT2D eigenvalue weighted by Crippen LogP contribution is -2.26. The van der Waals surface area contributed by atoms with Gasteiger partial charge in [0, 0.05) is 25.2 Å². The molecule has 0 unspecified atom stereocenters. The number of hydrogen-bond acceptors (Lipinski definition) is 17. The summed E-state index contributed by atoms with van der Waals surface area (Å²) >= 11 is 0. The first-order valence-electron chi connectivity index (χ1n) is 20.8. The number of nitrogen functional groups attached to an aromatic ring is 1. The lowest BCUT2D eigenvalue weighted by atomic mass is 9.97. The van der Waals surface area contributed by atoms with E-state index in [-0.39, 0.29) is 6.61 Å². The molecule has 0 aliphatic carbocycles. The highest BCUT2D eigenvalue weighted by Gasteiger charge is 2.19. The van der Waals surface area contributed by atoms with Crippen LogP contribution in [0.1, 0.15) is 22.3 Å². The van der Waals surface area contributed by atoms with Crippen molar-refractivity contribution in [3.63, 3.8) is 0 Å².